The van der Waals surface area contributed by atoms with E-state index in [9.17, 15) is 0 Å². The van der Waals surface area contributed by atoms with Crippen LogP contribution < -0.4 is 10.1 Å². The van der Waals surface area contributed by atoms with E-state index < -0.39 is 0 Å². The average molecular weight is 352 g/mol. The first-order chi connectivity index (χ1) is 11.2. The molecule has 0 aromatic heterocycles. The number of ether oxygens (including phenoxy) is 1. The Morgan fingerprint density at radius 2 is 2.00 bits per heavy atom. The molecule has 0 unspecified atom stereocenters. The highest BCUT2D eigenvalue weighted by molar-refractivity contribution is 7.98. The van der Waals surface area contributed by atoms with Crippen LogP contribution in [0, 0.1) is 0 Å². The van der Waals surface area contributed by atoms with Crippen LogP contribution in [0.4, 0.5) is 0 Å². The van der Waals surface area contributed by atoms with E-state index in [0.717, 1.165) is 35.1 Å². The molecule has 0 fully saturated rings. The topological polar surface area (TPSA) is 58.6 Å². The third kappa shape index (κ3) is 4.89. The molecule has 1 aliphatic heterocycles. The molecule has 0 saturated carbocycles. The van der Waals surface area contributed by atoms with Gasteiger partial charge in [-0.05, 0) is 42.4 Å². The Morgan fingerprint density at radius 3 is 2.74 bits per heavy atom. The molecule has 0 saturated heterocycles. The number of fused-ring (bicyclic) bond motifs is 1. The van der Waals surface area contributed by atoms with Crippen LogP contribution in [0.5, 0.6) is 11.5 Å². The summed E-state index contributed by atoms with van der Waals surface area (Å²) in [6, 6.07) is 12.1. The molecule has 6 heteroatoms. The molecule has 0 atom stereocenters. The van der Waals surface area contributed by atoms with Crippen molar-refractivity contribution in [3.05, 3.63) is 58.1 Å². The van der Waals surface area contributed by atoms with Gasteiger partial charge in [-0.2, -0.15) is 11.8 Å². The van der Waals surface area contributed by atoms with Gasteiger partial charge in [0.05, 0.1) is 0 Å². The quantitative estimate of drug-likeness (QED) is 0.804. The zero-order valence-electron chi connectivity index (χ0n) is 12.7. The van der Waals surface area contributed by atoms with Crippen molar-refractivity contribution in [2.24, 2.45) is 0 Å². The van der Waals surface area contributed by atoms with Gasteiger partial charge in [-0.3, -0.25) is 4.79 Å². The van der Waals surface area contributed by atoms with Gasteiger partial charge in [-0.15, -0.1) is 0 Å². The molecule has 0 bridgehead atoms. The highest BCUT2D eigenvalue weighted by Gasteiger charge is 2.13. The Bertz CT molecular complexity index is 679. The molecule has 23 heavy (non-hydrogen) atoms. The van der Waals surface area contributed by atoms with E-state index in [1.807, 2.05) is 43.1 Å². The first-order valence-corrected chi connectivity index (χ1v) is 8.59. The maximum Gasteiger partial charge on any atom is 0.290 e. The smallest absolute Gasteiger partial charge is 0.290 e. The Morgan fingerprint density at radius 1 is 1.26 bits per heavy atom. The summed E-state index contributed by atoms with van der Waals surface area (Å²) in [5.41, 5.74) is 3.90. The molecular weight excluding hydrogens is 334 g/mol. The minimum Gasteiger partial charge on any atom is -0.483 e. The van der Waals surface area contributed by atoms with E-state index >= 15 is 0 Å². The monoisotopic (exact) mass is 351 g/mol. The SMILES string of the molecule is CNCc1ccc(Cl)cc1Oc1ccc2c(c1)CSC2.O=CO. The minimum atomic E-state index is -0.250. The number of thioether (sulfide) groups is 1. The van der Waals surface area contributed by atoms with Gasteiger partial charge < -0.3 is 15.2 Å². The lowest BCUT2D eigenvalue weighted by atomic mass is 10.1. The predicted molar refractivity (Wildman–Crippen MR) is 94.4 cm³/mol. The number of halogens is 1. The molecular formula is C17H18ClNO3S. The summed E-state index contributed by atoms with van der Waals surface area (Å²) in [6.07, 6.45) is 0. The first-order valence-electron chi connectivity index (χ1n) is 7.06. The number of nitrogens with one attached hydrogen (secondary N) is 1. The molecule has 2 aromatic rings. The second-order valence-electron chi connectivity index (χ2n) is 4.91. The highest BCUT2D eigenvalue weighted by Crippen LogP contribution is 2.35. The van der Waals surface area contributed by atoms with E-state index in [0.29, 0.717) is 5.02 Å². The van der Waals surface area contributed by atoms with Gasteiger partial charge in [-0.1, -0.05) is 23.7 Å². The molecule has 4 nitrogen and oxygen atoms in total. The lowest BCUT2D eigenvalue weighted by Gasteiger charge is -2.12. The fourth-order valence-electron chi connectivity index (χ4n) is 2.30. The predicted octanol–water partition coefficient (Wildman–Crippen LogP) is 4.30. The van der Waals surface area contributed by atoms with Crippen molar-refractivity contribution in [3.63, 3.8) is 0 Å². The summed E-state index contributed by atoms with van der Waals surface area (Å²) >= 11 is 8.02. The molecule has 0 amide bonds. The number of carbonyl (C=O) groups is 1. The van der Waals surface area contributed by atoms with E-state index in [2.05, 4.69) is 17.4 Å². The zero-order chi connectivity index (χ0) is 16.7. The Balaban J connectivity index is 0.000000595. The average Bonchev–Trinajstić information content (AvgIpc) is 2.98. The third-order valence-electron chi connectivity index (χ3n) is 3.32. The lowest BCUT2D eigenvalue weighted by molar-refractivity contribution is -0.122. The van der Waals surface area contributed by atoms with Crippen molar-refractivity contribution in [3.8, 4) is 11.5 Å². The fourth-order valence-corrected chi connectivity index (χ4v) is 3.55. The van der Waals surface area contributed by atoms with Crippen molar-refractivity contribution in [1.29, 1.82) is 0 Å². The van der Waals surface area contributed by atoms with Crippen molar-refractivity contribution < 1.29 is 14.6 Å². The lowest BCUT2D eigenvalue weighted by Crippen LogP contribution is -2.06. The summed E-state index contributed by atoms with van der Waals surface area (Å²) in [5.74, 6) is 3.88. The van der Waals surface area contributed by atoms with Gasteiger partial charge in [-0.25, -0.2) is 0 Å². The van der Waals surface area contributed by atoms with Crippen LogP contribution in [0.3, 0.4) is 0 Å². The van der Waals surface area contributed by atoms with Crippen molar-refractivity contribution in [2.45, 2.75) is 18.1 Å². The summed E-state index contributed by atoms with van der Waals surface area (Å²) in [6.45, 7) is 0.507. The number of rotatable bonds is 4. The van der Waals surface area contributed by atoms with Crippen molar-refractivity contribution in [2.75, 3.05) is 7.05 Å². The van der Waals surface area contributed by atoms with Crippen LogP contribution in [0.15, 0.2) is 36.4 Å². The zero-order valence-corrected chi connectivity index (χ0v) is 14.3. The standard InChI is InChI=1S/C16H16ClNOS.CH2O2/c1-18-8-11-2-4-14(17)7-16(11)19-15-5-3-12-9-20-10-13(12)6-15;2-1-3/h2-7,18H,8-10H2,1H3;1H,(H,2,3). The van der Waals surface area contributed by atoms with E-state index in [-0.39, 0.29) is 6.47 Å². The van der Waals surface area contributed by atoms with Crippen LogP contribution in [-0.4, -0.2) is 18.6 Å². The van der Waals surface area contributed by atoms with E-state index in [1.54, 1.807) is 0 Å². The molecule has 2 N–H and O–H groups in total. The van der Waals surface area contributed by atoms with Gasteiger partial charge >= 0.3 is 0 Å². The number of hydrogen-bond acceptors (Lipinski definition) is 4. The Kier molecular flexibility index (Phi) is 6.77. The number of hydrogen-bond donors (Lipinski definition) is 2. The van der Waals surface area contributed by atoms with Gasteiger partial charge in [0.25, 0.3) is 6.47 Å². The maximum atomic E-state index is 8.36. The normalized spacial score (nSPS) is 12.1. The van der Waals surface area contributed by atoms with Crippen LogP contribution in [0.1, 0.15) is 16.7 Å². The number of carboxylic acid groups (broad SMARTS) is 1. The van der Waals surface area contributed by atoms with Crippen LogP contribution >= 0.6 is 23.4 Å². The Labute approximate surface area is 144 Å². The largest absolute Gasteiger partial charge is 0.483 e. The maximum absolute atomic E-state index is 8.36. The molecule has 3 rings (SSSR count). The summed E-state index contributed by atoms with van der Waals surface area (Å²) in [7, 11) is 1.92. The molecule has 0 spiro atoms. The third-order valence-corrected chi connectivity index (χ3v) is 4.58. The summed E-state index contributed by atoms with van der Waals surface area (Å²) < 4.78 is 6.03. The van der Waals surface area contributed by atoms with Gasteiger partial charge in [0.1, 0.15) is 11.5 Å². The molecule has 122 valence electrons. The van der Waals surface area contributed by atoms with E-state index in [1.165, 1.54) is 11.1 Å². The second kappa shape index (κ2) is 8.82. The van der Waals surface area contributed by atoms with E-state index in [4.69, 9.17) is 26.2 Å². The van der Waals surface area contributed by atoms with Crippen LogP contribution in [0.25, 0.3) is 0 Å². The molecule has 0 aliphatic carbocycles. The first kappa shape index (κ1) is 17.7. The summed E-state index contributed by atoms with van der Waals surface area (Å²) in [4.78, 5) is 8.36. The minimum absolute atomic E-state index is 0.250. The van der Waals surface area contributed by atoms with Crippen molar-refractivity contribution in [1.82, 2.24) is 5.32 Å². The molecule has 2 aromatic carbocycles. The van der Waals surface area contributed by atoms with Crippen molar-refractivity contribution >= 4 is 29.8 Å². The van der Waals surface area contributed by atoms with Gasteiger partial charge in [0, 0.05) is 28.6 Å². The summed E-state index contributed by atoms with van der Waals surface area (Å²) in [5, 5.41) is 10.7. The second-order valence-corrected chi connectivity index (χ2v) is 6.34. The molecule has 1 heterocycles. The van der Waals surface area contributed by atoms with Crippen LogP contribution in [-0.2, 0) is 22.8 Å². The van der Waals surface area contributed by atoms with Crippen LogP contribution in [0.2, 0.25) is 5.02 Å². The Hall–Kier alpha value is -1.69. The van der Waals surface area contributed by atoms with Gasteiger partial charge in [0.15, 0.2) is 0 Å². The molecule has 0 radical (unpaired) electrons. The number of benzene rings is 2. The highest BCUT2D eigenvalue weighted by atomic mass is 35.5. The molecule has 1 aliphatic rings. The van der Waals surface area contributed by atoms with Gasteiger partial charge in [0.2, 0.25) is 0 Å². The fraction of sp³-hybridized carbons (Fsp3) is 0.235.